The van der Waals surface area contributed by atoms with Crippen LogP contribution in [-0.2, 0) is 5.41 Å². The van der Waals surface area contributed by atoms with Crippen molar-refractivity contribution in [2.45, 2.75) is 5.41 Å². The minimum atomic E-state index is -0.543. The zero-order chi connectivity index (χ0) is 37.1. The van der Waals surface area contributed by atoms with Crippen LogP contribution >= 0.6 is 0 Å². The monoisotopic (exact) mass is 711 g/mol. The molecule has 0 radical (unpaired) electrons. The molecule has 262 valence electrons. The van der Waals surface area contributed by atoms with Gasteiger partial charge in [0.25, 0.3) is 0 Å². The second-order valence-corrected chi connectivity index (χ2v) is 14.8. The largest absolute Gasteiger partial charge is 0.310 e. The summed E-state index contributed by atoms with van der Waals surface area (Å²) in [7, 11) is 0. The van der Waals surface area contributed by atoms with Gasteiger partial charge in [-0.1, -0.05) is 194 Å². The van der Waals surface area contributed by atoms with Gasteiger partial charge in [-0.3, -0.25) is 0 Å². The van der Waals surface area contributed by atoms with Crippen molar-refractivity contribution in [3.05, 3.63) is 247 Å². The van der Waals surface area contributed by atoms with Crippen LogP contribution < -0.4 is 4.90 Å². The van der Waals surface area contributed by atoms with Crippen molar-refractivity contribution in [1.29, 1.82) is 0 Å². The summed E-state index contributed by atoms with van der Waals surface area (Å²) in [6.07, 6.45) is 0. The maximum atomic E-state index is 2.50. The predicted molar refractivity (Wildman–Crippen MR) is 234 cm³/mol. The molecule has 1 atom stereocenters. The quantitative estimate of drug-likeness (QED) is 0.166. The second-order valence-electron chi connectivity index (χ2n) is 14.8. The SMILES string of the molecule is c1ccc(-c2ccc(N(c3cccc(-c4ccccc4)c3)c3cccc4c3C3(c5ccccc5-4)c4ccccc4-c4c(-c5ccccc5)cccc43)cc2)cc1. The highest BCUT2D eigenvalue weighted by atomic mass is 15.1. The van der Waals surface area contributed by atoms with E-state index in [1.54, 1.807) is 0 Å². The average Bonchev–Trinajstić information content (AvgIpc) is 3.76. The summed E-state index contributed by atoms with van der Waals surface area (Å²) in [5, 5.41) is 0. The Morgan fingerprint density at radius 2 is 0.768 bits per heavy atom. The molecule has 0 aliphatic heterocycles. The topological polar surface area (TPSA) is 3.24 Å². The van der Waals surface area contributed by atoms with Gasteiger partial charge in [-0.05, 0) is 103 Å². The number of hydrogen-bond donors (Lipinski definition) is 0. The number of nitrogens with zero attached hydrogens (tertiary/aromatic N) is 1. The van der Waals surface area contributed by atoms with E-state index in [9.17, 15) is 0 Å². The van der Waals surface area contributed by atoms with Crippen LogP contribution in [0, 0.1) is 0 Å². The highest BCUT2D eigenvalue weighted by Crippen LogP contribution is 2.66. The van der Waals surface area contributed by atoms with Crippen molar-refractivity contribution in [3.8, 4) is 55.6 Å². The van der Waals surface area contributed by atoms with E-state index < -0.39 is 5.41 Å². The summed E-state index contributed by atoms with van der Waals surface area (Å²) in [6, 6.07) is 82.5. The molecule has 9 aromatic rings. The van der Waals surface area contributed by atoms with Crippen molar-refractivity contribution >= 4 is 17.1 Å². The highest BCUT2D eigenvalue weighted by molar-refractivity contribution is 6.03. The Morgan fingerprint density at radius 3 is 1.48 bits per heavy atom. The number of anilines is 3. The van der Waals surface area contributed by atoms with Gasteiger partial charge in [0, 0.05) is 16.9 Å². The molecule has 1 unspecified atom stereocenters. The molecular formula is C55H37N. The Kier molecular flexibility index (Phi) is 7.47. The lowest BCUT2D eigenvalue weighted by atomic mass is 9.69. The Bertz CT molecular complexity index is 2890. The van der Waals surface area contributed by atoms with E-state index in [0.29, 0.717) is 0 Å². The first-order valence-corrected chi connectivity index (χ1v) is 19.4. The van der Waals surface area contributed by atoms with Crippen LogP contribution in [0.3, 0.4) is 0 Å². The average molecular weight is 712 g/mol. The highest BCUT2D eigenvalue weighted by Gasteiger charge is 2.53. The molecule has 0 bridgehead atoms. The maximum absolute atomic E-state index is 2.50. The molecule has 0 saturated carbocycles. The van der Waals surface area contributed by atoms with Crippen molar-refractivity contribution in [2.24, 2.45) is 0 Å². The van der Waals surface area contributed by atoms with Gasteiger partial charge in [-0.25, -0.2) is 0 Å². The molecule has 0 aromatic heterocycles. The fraction of sp³-hybridized carbons (Fsp3) is 0.0182. The second kappa shape index (κ2) is 13.0. The summed E-state index contributed by atoms with van der Waals surface area (Å²) < 4.78 is 0. The smallest absolute Gasteiger partial charge is 0.0746 e. The molecule has 1 heteroatoms. The third-order valence-electron chi connectivity index (χ3n) is 11.9. The molecule has 1 nitrogen and oxygen atoms in total. The molecule has 2 aliphatic carbocycles. The number of hydrogen-bond acceptors (Lipinski definition) is 1. The Labute approximate surface area is 328 Å². The first-order valence-electron chi connectivity index (χ1n) is 19.4. The Balaban J connectivity index is 1.22. The molecule has 0 N–H and O–H groups in total. The van der Waals surface area contributed by atoms with Gasteiger partial charge in [-0.2, -0.15) is 0 Å². The van der Waals surface area contributed by atoms with E-state index in [1.807, 2.05) is 0 Å². The first kappa shape index (κ1) is 32.2. The van der Waals surface area contributed by atoms with E-state index in [2.05, 4.69) is 229 Å². The Morgan fingerprint density at radius 1 is 0.286 bits per heavy atom. The molecule has 9 aromatic carbocycles. The molecule has 0 saturated heterocycles. The van der Waals surface area contributed by atoms with Crippen molar-refractivity contribution in [3.63, 3.8) is 0 Å². The normalized spacial score (nSPS) is 14.5. The van der Waals surface area contributed by atoms with Gasteiger partial charge in [0.2, 0.25) is 0 Å². The van der Waals surface area contributed by atoms with Crippen LogP contribution in [0.5, 0.6) is 0 Å². The number of benzene rings is 9. The van der Waals surface area contributed by atoms with E-state index >= 15 is 0 Å². The first-order chi connectivity index (χ1) is 27.8. The van der Waals surface area contributed by atoms with Gasteiger partial charge >= 0.3 is 0 Å². The van der Waals surface area contributed by atoms with Crippen LogP contribution in [-0.4, -0.2) is 0 Å². The summed E-state index contributed by atoms with van der Waals surface area (Å²) in [5.41, 5.74) is 20.6. The lowest BCUT2D eigenvalue weighted by Gasteiger charge is -2.36. The summed E-state index contributed by atoms with van der Waals surface area (Å²) in [4.78, 5) is 2.50. The fourth-order valence-corrected chi connectivity index (χ4v) is 9.59. The minimum Gasteiger partial charge on any atom is -0.310 e. The van der Waals surface area contributed by atoms with E-state index in [-0.39, 0.29) is 0 Å². The van der Waals surface area contributed by atoms with Crippen LogP contribution in [0.1, 0.15) is 22.3 Å². The molecule has 56 heavy (non-hydrogen) atoms. The molecule has 0 amide bonds. The summed E-state index contributed by atoms with van der Waals surface area (Å²) in [5.74, 6) is 0. The fourth-order valence-electron chi connectivity index (χ4n) is 9.59. The van der Waals surface area contributed by atoms with E-state index in [4.69, 9.17) is 0 Å². The van der Waals surface area contributed by atoms with Crippen molar-refractivity contribution in [1.82, 2.24) is 0 Å². The van der Waals surface area contributed by atoms with E-state index in [0.717, 1.165) is 11.4 Å². The third kappa shape index (κ3) is 4.81. The van der Waals surface area contributed by atoms with Gasteiger partial charge in [0.1, 0.15) is 0 Å². The zero-order valence-electron chi connectivity index (χ0n) is 30.8. The van der Waals surface area contributed by atoms with Crippen LogP contribution in [0.2, 0.25) is 0 Å². The van der Waals surface area contributed by atoms with Crippen LogP contribution in [0.15, 0.2) is 224 Å². The van der Waals surface area contributed by atoms with Gasteiger partial charge < -0.3 is 4.90 Å². The van der Waals surface area contributed by atoms with Crippen LogP contribution in [0.25, 0.3) is 55.6 Å². The standard InChI is InChI=1S/C55H37N/c1-4-17-38(18-5-1)40-33-35-43(36-34-40)56(44-24-14-23-42(37-44)39-19-6-2-7-20-39)52-32-16-28-47-46-25-10-12-29-49(46)55(54(47)52)50-30-13-11-26-48(50)53-45(27-15-31-51(53)55)41-21-8-3-9-22-41/h1-37H. The lowest BCUT2D eigenvalue weighted by Crippen LogP contribution is -2.28. The molecule has 0 fully saturated rings. The zero-order valence-corrected chi connectivity index (χ0v) is 30.8. The van der Waals surface area contributed by atoms with Gasteiger partial charge in [0.05, 0.1) is 11.1 Å². The van der Waals surface area contributed by atoms with Crippen molar-refractivity contribution in [2.75, 3.05) is 4.90 Å². The maximum Gasteiger partial charge on any atom is 0.0746 e. The van der Waals surface area contributed by atoms with Crippen molar-refractivity contribution < 1.29 is 0 Å². The van der Waals surface area contributed by atoms with Gasteiger partial charge in [-0.15, -0.1) is 0 Å². The number of fused-ring (bicyclic) bond motifs is 10. The van der Waals surface area contributed by atoms with E-state index in [1.165, 1.54) is 83.6 Å². The molecule has 1 spiro atoms. The molecular weight excluding hydrogens is 675 g/mol. The van der Waals surface area contributed by atoms with Gasteiger partial charge in [0.15, 0.2) is 0 Å². The number of rotatable bonds is 6. The molecule has 2 aliphatic rings. The summed E-state index contributed by atoms with van der Waals surface area (Å²) in [6.45, 7) is 0. The third-order valence-corrected chi connectivity index (χ3v) is 11.9. The molecule has 11 rings (SSSR count). The summed E-state index contributed by atoms with van der Waals surface area (Å²) >= 11 is 0. The Hall–Kier alpha value is -7.22. The predicted octanol–water partition coefficient (Wildman–Crippen LogP) is 14.5. The molecule has 0 heterocycles. The lowest BCUT2D eigenvalue weighted by molar-refractivity contribution is 0.793. The van der Waals surface area contributed by atoms with Crippen LogP contribution in [0.4, 0.5) is 17.1 Å². The minimum absolute atomic E-state index is 0.543.